The summed E-state index contributed by atoms with van der Waals surface area (Å²) in [6, 6.07) is 7.77. The minimum absolute atomic E-state index is 0.0725. The van der Waals surface area contributed by atoms with Gasteiger partial charge in [-0.25, -0.2) is 0 Å². The molecule has 1 N–H and O–H groups in total. The molecule has 1 aromatic carbocycles. The summed E-state index contributed by atoms with van der Waals surface area (Å²) < 4.78 is 5.18. The van der Waals surface area contributed by atoms with Gasteiger partial charge < -0.3 is 19.9 Å². The molecule has 0 aliphatic rings. The van der Waals surface area contributed by atoms with E-state index in [2.05, 4.69) is 10.2 Å². The molecule has 6 nitrogen and oxygen atoms in total. The first-order valence-electron chi connectivity index (χ1n) is 8.22. The fourth-order valence-electron chi connectivity index (χ4n) is 2.33. The van der Waals surface area contributed by atoms with Crippen molar-refractivity contribution in [2.75, 3.05) is 47.4 Å². The van der Waals surface area contributed by atoms with Gasteiger partial charge in [0, 0.05) is 20.0 Å². The van der Waals surface area contributed by atoms with Crippen molar-refractivity contribution in [3.63, 3.8) is 0 Å². The highest BCUT2D eigenvalue weighted by Gasteiger charge is 2.13. The van der Waals surface area contributed by atoms with Gasteiger partial charge in [-0.3, -0.25) is 9.59 Å². The summed E-state index contributed by atoms with van der Waals surface area (Å²) in [6.45, 7) is 3.63. The van der Waals surface area contributed by atoms with E-state index in [0.717, 1.165) is 30.7 Å². The summed E-state index contributed by atoms with van der Waals surface area (Å²) >= 11 is 0. The molecule has 0 radical (unpaired) electrons. The Morgan fingerprint density at radius 3 is 2.58 bits per heavy atom. The van der Waals surface area contributed by atoms with Gasteiger partial charge in [0.05, 0.1) is 13.7 Å². The maximum atomic E-state index is 12.0. The Bertz CT molecular complexity index is 532. The lowest BCUT2D eigenvalue weighted by molar-refractivity contribution is -0.134. The van der Waals surface area contributed by atoms with Crippen LogP contribution in [0.3, 0.4) is 0 Å². The largest absolute Gasteiger partial charge is 0.497 e. The van der Waals surface area contributed by atoms with Gasteiger partial charge in [-0.1, -0.05) is 12.1 Å². The van der Waals surface area contributed by atoms with Crippen LogP contribution in [-0.4, -0.2) is 69.0 Å². The van der Waals surface area contributed by atoms with E-state index < -0.39 is 0 Å². The summed E-state index contributed by atoms with van der Waals surface area (Å²) in [5, 5.41) is 2.87. The molecule has 0 saturated carbocycles. The standard InChI is InChI=1S/C18H29N3O3/c1-15(22)21(12-6-11-20(2)3)14-18(23)19-10-9-16-7-5-8-17(13-16)24-4/h5,7-8,13H,6,9-12,14H2,1-4H3,(H,19,23). The second kappa shape index (κ2) is 10.6. The highest BCUT2D eigenvalue weighted by molar-refractivity contribution is 5.83. The molecule has 0 heterocycles. The number of hydrogen-bond donors (Lipinski definition) is 1. The van der Waals surface area contributed by atoms with E-state index in [-0.39, 0.29) is 18.4 Å². The van der Waals surface area contributed by atoms with Gasteiger partial charge in [-0.15, -0.1) is 0 Å². The first kappa shape index (κ1) is 20.0. The topological polar surface area (TPSA) is 61.9 Å². The van der Waals surface area contributed by atoms with E-state index in [1.807, 2.05) is 38.4 Å². The zero-order valence-corrected chi connectivity index (χ0v) is 15.2. The molecule has 6 heteroatoms. The minimum atomic E-state index is -0.127. The number of ether oxygens (including phenoxy) is 1. The first-order chi connectivity index (χ1) is 11.4. The van der Waals surface area contributed by atoms with Gasteiger partial charge in [0.2, 0.25) is 11.8 Å². The molecule has 0 fully saturated rings. The Kier molecular flexibility index (Phi) is 8.86. The second-order valence-electron chi connectivity index (χ2n) is 6.05. The molecule has 0 unspecified atom stereocenters. The summed E-state index contributed by atoms with van der Waals surface area (Å²) in [7, 11) is 5.61. The van der Waals surface area contributed by atoms with Crippen LogP contribution >= 0.6 is 0 Å². The lowest BCUT2D eigenvalue weighted by Crippen LogP contribution is -2.41. The fourth-order valence-corrected chi connectivity index (χ4v) is 2.33. The van der Waals surface area contributed by atoms with E-state index in [1.54, 1.807) is 12.0 Å². The molecule has 0 atom stereocenters. The third-order valence-corrected chi connectivity index (χ3v) is 3.68. The van der Waals surface area contributed by atoms with Crippen LogP contribution in [0.25, 0.3) is 0 Å². The lowest BCUT2D eigenvalue weighted by atomic mass is 10.1. The van der Waals surface area contributed by atoms with E-state index >= 15 is 0 Å². The summed E-state index contributed by atoms with van der Waals surface area (Å²) in [6.07, 6.45) is 1.58. The molecule has 0 aliphatic heterocycles. The van der Waals surface area contributed by atoms with Crippen LogP contribution in [0.4, 0.5) is 0 Å². The number of nitrogens with one attached hydrogen (secondary N) is 1. The Labute approximate surface area is 144 Å². The number of amides is 2. The first-order valence-corrected chi connectivity index (χ1v) is 8.22. The summed E-state index contributed by atoms with van der Waals surface area (Å²) in [5.74, 6) is 0.608. The number of rotatable bonds is 10. The number of methoxy groups -OCH3 is 1. The van der Waals surface area contributed by atoms with Crippen molar-refractivity contribution in [2.24, 2.45) is 0 Å². The van der Waals surface area contributed by atoms with Crippen LogP contribution in [0.15, 0.2) is 24.3 Å². The third kappa shape index (κ3) is 7.97. The van der Waals surface area contributed by atoms with Crippen molar-refractivity contribution in [3.05, 3.63) is 29.8 Å². The smallest absolute Gasteiger partial charge is 0.239 e. The average molecular weight is 335 g/mol. The van der Waals surface area contributed by atoms with Gasteiger partial charge in [-0.2, -0.15) is 0 Å². The number of carbonyl (C=O) groups excluding carboxylic acids is 2. The van der Waals surface area contributed by atoms with Crippen LogP contribution in [0.5, 0.6) is 5.75 Å². The molecule has 0 saturated heterocycles. The molecule has 24 heavy (non-hydrogen) atoms. The number of hydrogen-bond acceptors (Lipinski definition) is 4. The molecule has 1 rings (SSSR count). The van der Waals surface area contributed by atoms with Crippen molar-refractivity contribution < 1.29 is 14.3 Å². The number of benzene rings is 1. The van der Waals surface area contributed by atoms with E-state index in [1.165, 1.54) is 6.92 Å². The minimum Gasteiger partial charge on any atom is -0.497 e. The predicted molar refractivity (Wildman–Crippen MR) is 95.1 cm³/mol. The Morgan fingerprint density at radius 2 is 1.96 bits per heavy atom. The van der Waals surface area contributed by atoms with E-state index in [0.29, 0.717) is 13.1 Å². The monoisotopic (exact) mass is 335 g/mol. The summed E-state index contributed by atoms with van der Waals surface area (Å²) in [4.78, 5) is 27.3. The van der Waals surface area contributed by atoms with Crippen molar-refractivity contribution in [3.8, 4) is 5.75 Å². The molecule has 0 aliphatic carbocycles. The zero-order chi connectivity index (χ0) is 17.9. The van der Waals surface area contributed by atoms with Gasteiger partial charge in [0.1, 0.15) is 5.75 Å². The molecular weight excluding hydrogens is 306 g/mol. The Hall–Kier alpha value is -2.08. The van der Waals surface area contributed by atoms with E-state index in [9.17, 15) is 9.59 Å². The van der Waals surface area contributed by atoms with Gasteiger partial charge in [-0.05, 0) is 51.2 Å². The summed E-state index contributed by atoms with van der Waals surface area (Å²) in [5.41, 5.74) is 1.10. The molecule has 134 valence electrons. The van der Waals surface area contributed by atoms with Crippen molar-refractivity contribution in [1.82, 2.24) is 15.1 Å². The maximum absolute atomic E-state index is 12.0. The normalized spacial score (nSPS) is 10.5. The molecule has 0 aromatic heterocycles. The molecule has 0 spiro atoms. The molecular formula is C18H29N3O3. The van der Waals surface area contributed by atoms with Crippen molar-refractivity contribution in [2.45, 2.75) is 19.8 Å². The SMILES string of the molecule is COc1cccc(CCNC(=O)CN(CCCN(C)C)C(C)=O)c1. The highest BCUT2D eigenvalue weighted by atomic mass is 16.5. The predicted octanol–water partition coefficient (Wildman–Crippen LogP) is 1.15. The van der Waals surface area contributed by atoms with Crippen LogP contribution < -0.4 is 10.1 Å². The molecule has 2 amide bonds. The van der Waals surface area contributed by atoms with Crippen molar-refractivity contribution in [1.29, 1.82) is 0 Å². The van der Waals surface area contributed by atoms with Crippen LogP contribution in [0.1, 0.15) is 18.9 Å². The van der Waals surface area contributed by atoms with Gasteiger partial charge >= 0.3 is 0 Å². The van der Waals surface area contributed by atoms with Crippen LogP contribution in [0.2, 0.25) is 0 Å². The van der Waals surface area contributed by atoms with Gasteiger partial charge in [0.25, 0.3) is 0 Å². The molecule has 0 bridgehead atoms. The fraction of sp³-hybridized carbons (Fsp3) is 0.556. The zero-order valence-electron chi connectivity index (χ0n) is 15.2. The highest BCUT2D eigenvalue weighted by Crippen LogP contribution is 2.12. The van der Waals surface area contributed by atoms with Gasteiger partial charge in [0.15, 0.2) is 0 Å². The van der Waals surface area contributed by atoms with Crippen LogP contribution in [-0.2, 0) is 16.0 Å². The lowest BCUT2D eigenvalue weighted by Gasteiger charge is -2.21. The number of nitrogens with zero attached hydrogens (tertiary/aromatic N) is 2. The average Bonchev–Trinajstić information content (AvgIpc) is 2.53. The number of carbonyl (C=O) groups is 2. The Morgan fingerprint density at radius 1 is 1.21 bits per heavy atom. The van der Waals surface area contributed by atoms with E-state index in [4.69, 9.17) is 4.74 Å². The molecule has 1 aromatic rings. The Balaban J connectivity index is 2.35. The third-order valence-electron chi connectivity index (χ3n) is 3.68. The van der Waals surface area contributed by atoms with Crippen LogP contribution in [0, 0.1) is 0 Å². The quantitative estimate of drug-likeness (QED) is 0.697. The second-order valence-corrected chi connectivity index (χ2v) is 6.05. The maximum Gasteiger partial charge on any atom is 0.239 e. The van der Waals surface area contributed by atoms with Crippen molar-refractivity contribution >= 4 is 11.8 Å².